The molecule has 1 aliphatic heterocycles. The van der Waals surface area contributed by atoms with Crippen LogP contribution >= 0.6 is 0 Å². The van der Waals surface area contributed by atoms with E-state index in [4.69, 9.17) is 10.8 Å². The third-order valence-corrected chi connectivity index (χ3v) is 3.96. The minimum Gasteiger partial charge on any atom is -0.450 e. The van der Waals surface area contributed by atoms with Crippen LogP contribution in [0.25, 0.3) is 0 Å². The van der Waals surface area contributed by atoms with E-state index in [-0.39, 0.29) is 6.04 Å². The zero-order valence-corrected chi connectivity index (χ0v) is 13.7. The third kappa shape index (κ3) is 4.35. The highest BCUT2D eigenvalue weighted by molar-refractivity contribution is 6.45. The van der Waals surface area contributed by atoms with Gasteiger partial charge in [-0.05, 0) is 32.3 Å². The van der Waals surface area contributed by atoms with Crippen molar-refractivity contribution in [2.45, 2.75) is 58.7 Å². The Hall–Kier alpha value is -1.26. The van der Waals surface area contributed by atoms with Crippen molar-refractivity contribution in [3.05, 3.63) is 42.1 Å². The fourth-order valence-corrected chi connectivity index (χ4v) is 2.99. The lowest BCUT2D eigenvalue weighted by molar-refractivity contribution is 0.240. The molecule has 0 aromatic heterocycles. The first kappa shape index (κ1) is 17.8. The van der Waals surface area contributed by atoms with Crippen LogP contribution in [0.4, 0.5) is 0 Å². The van der Waals surface area contributed by atoms with Crippen LogP contribution in [-0.2, 0) is 6.42 Å². The Kier molecular flexibility index (Phi) is 6.99. The summed E-state index contributed by atoms with van der Waals surface area (Å²) in [5.41, 5.74) is 9.20. The number of hydrogen-bond acceptors (Lipinski definition) is 3. The highest BCUT2D eigenvalue weighted by atomic mass is 16.2. The zero-order valence-electron chi connectivity index (χ0n) is 13.7. The predicted molar refractivity (Wildman–Crippen MR) is 91.6 cm³/mol. The molecule has 4 heteroatoms. The topological polar surface area (TPSA) is 49.5 Å². The fraction of sp³-hybridized carbons (Fsp3) is 0.529. The lowest BCUT2D eigenvalue weighted by Gasteiger charge is -2.32. The fourth-order valence-electron chi connectivity index (χ4n) is 2.99. The molecule has 0 aliphatic carbocycles. The molecule has 0 bridgehead atoms. The number of hydrogen-bond donors (Lipinski definition) is 2. The lowest BCUT2D eigenvalue weighted by Crippen LogP contribution is -2.36. The molecule has 1 aromatic carbocycles. The molecule has 0 spiro atoms. The van der Waals surface area contributed by atoms with Gasteiger partial charge in [0.25, 0.3) is 0 Å². The van der Waals surface area contributed by atoms with E-state index in [9.17, 15) is 0 Å². The summed E-state index contributed by atoms with van der Waals surface area (Å²) in [5, 5.41) is 8.92. The van der Waals surface area contributed by atoms with Crippen molar-refractivity contribution in [3.63, 3.8) is 0 Å². The Morgan fingerprint density at radius 2 is 1.95 bits per heavy atom. The van der Waals surface area contributed by atoms with Crippen LogP contribution in [0.5, 0.6) is 0 Å². The zero-order chi connectivity index (χ0) is 16.0. The molecular weight excluding hydrogens is 259 g/mol. The van der Waals surface area contributed by atoms with Gasteiger partial charge in [0.1, 0.15) is 0 Å². The van der Waals surface area contributed by atoms with Crippen LogP contribution in [0.2, 0.25) is 0 Å². The van der Waals surface area contributed by atoms with Crippen molar-refractivity contribution < 1.29 is 5.02 Å². The summed E-state index contributed by atoms with van der Waals surface area (Å²) >= 11 is 0. The maximum atomic E-state index is 8.92. The molecule has 1 saturated heterocycles. The quantitative estimate of drug-likeness (QED) is 0.830. The van der Waals surface area contributed by atoms with Gasteiger partial charge in [-0.15, -0.1) is 0 Å². The standard InChI is InChI=1S/C15H22BN2O.C2H6/c1-10(18-11(2)9-15(17)12(18)3)8-13-4-6-14(16-19)7-5-13;1-2/h4-7,10-11,15,19H,3,8-9,17H2,1-2H3;1-2H3/t10-,11?,15?;/m1./s1. The Morgan fingerprint density at radius 3 is 2.38 bits per heavy atom. The summed E-state index contributed by atoms with van der Waals surface area (Å²) in [6, 6.07) is 8.92. The molecular formula is C17H28BN2O. The van der Waals surface area contributed by atoms with Gasteiger partial charge < -0.3 is 15.7 Å². The van der Waals surface area contributed by atoms with Gasteiger partial charge in [-0.1, -0.05) is 50.2 Å². The second kappa shape index (κ2) is 8.25. The van der Waals surface area contributed by atoms with Gasteiger partial charge in [-0.3, -0.25) is 0 Å². The summed E-state index contributed by atoms with van der Waals surface area (Å²) in [4.78, 5) is 2.34. The highest BCUT2D eigenvalue weighted by Gasteiger charge is 2.32. The van der Waals surface area contributed by atoms with E-state index in [1.165, 1.54) is 5.56 Å². The second-order valence-corrected chi connectivity index (χ2v) is 5.51. The number of likely N-dealkylation sites (tertiary alicyclic amines) is 1. The minimum absolute atomic E-state index is 0.101. The second-order valence-electron chi connectivity index (χ2n) is 5.51. The van der Waals surface area contributed by atoms with Crippen molar-refractivity contribution in [2.24, 2.45) is 5.73 Å². The third-order valence-electron chi connectivity index (χ3n) is 3.96. The molecule has 1 aliphatic rings. The van der Waals surface area contributed by atoms with Crippen LogP contribution in [0.15, 0.2) is 36.5 Å². The predicted octanol–water partition coefficient (Wildman–Crippen LogP) is 1.82. The summed E-state index contributed by atoms with van der Waals surface area (Å²) in [6.45, 7) is 12.5. The Bertz CT molecular complexity index is 447. The van der Waals surface area contributed by atoms with Gasteiger partial charge >= 0.3 is 7.48 Å². The number of rotatable bonds is 4. The van der Waals surface area contributed by atoms with Crippen molar-refractivity contribution in [1.82, 2.24) is 4.90 Å². The molecule has 1 aromatic rings. The van der Waals surface area contributed by atoms with E-state index in [1.54, 1.807) is 0 Å². The van der Waals surface area contributed by atoms with Gasteiger partial charge in [0.05, 0.1) is 0 Å². The first-order valence-corrected chi connectivity index (χ1v) is 7.82. The smallest absolute Gasteiger partial charge is 0.326 e. The van der Waals surface area contributed by atoms with Crippen LogP contribution in [-0.4, -0.2) is 35.5 Å². The van der Waals surface area contributed by atoms with E-state index in [0.29, 0.717) is 12.1 Å². The van der Waals surface area contributed by atoms with Crippen LogP contribution < -0.4 is 11.2 Å². The summed E-state index contributed by atoms with van der Waals surface area (Å²) in [5.74, 6) is 0. The lowest BCUT2D eigenvalue weighted by atomic mass is 9.88. The van der Waals surface area contributed by atoms with Crippen LogP contribution in [0.1, 0.15) is 39.7 Å². The van der Waals surface area contributed by atoms with Crippen LogP contribution in [0, 0.1) is 0 Å². The first-order valence-electron chi connectivity index (χ1n) is 7.82. The van der Waals surface area contributed by atoms with E-state index in [0.717, 1.165) is 31.5 Å². The van der Waals surface area contributed by atoms with Gasteiger partial charge in [0, 0.05) is 23.8 Å². The maximum Gasteiger partial charge on any atom is 0.326 e. The molecule has 3 N–H and O–H groups in total. The molecule has 3 atom stereocenters. The molecule has 3 nitrogen and oxygen atoms in total. The average molecular weight is 287 g/mol. The van der Waals surface area contributed by atoms with Crippen molar-refractivity contribution in [1.29, 1.82) is 0 Å². The molecule has 0 saturated carbocycles. The summed E-state index contributed by atoms with van der Waals surface area (Å²) in [6.07, 6.45) is 1.95. The molecule has 1 fully saturated rings. The van der Waals surface area contributed by atoms with Gasteiger partial charge in [0.2, 0.25) is 0 Å². The number of nitrogens with two attached hydrogens (primary N) is 1. The summed E-state index contributed by atoms with van der Waals surface area (Å²) in [7, 11) is 1.12. The molecule has 0 amide bonds. The van der Waals surface area contributed by atoms with Gasteiger partial charge in [-0.2, -0.15) is 0 Å². The molecule has 21 heavy (non-hydrogen) atoms. The monoisotopic (exact) mass is 287 g/mol. The number of nitrogens with zero attached hydrogens (tertiary/aromatic N) is 1. The Labute approximate surface area is 130 Å². The molecule has 2 rings (SSSR count). The van der Waals surface area contributed by atoms with E-state index >= 15 is 0 Å². The van der Waals surface area contributed by atoms with Crippen molar-refractivity contribution >= 4 is 12.9 Å². The molecule has 1 radical (unpaired) electrons. The maximum absolute atomic E-state index is 8.92. The molecule has 115 valence electrons. The van der Waals surface area contributed by atoms with E-state index < -0.39 is 0 Å². The van der Waals surface area contributed by atoms with Gasteiger partial charge in [-0.25, -0.2) is 0 Å². The Balaban J connectivity index is 0.00000106. The minimum atomic E-state index is 0.101. The molecule has 2 unspecified atom stereocenters. The summed E-state index contributed by atoms with van der Waals surface area (Å²) < 4.78 is 0. The molecule has 1 heterocycles. The van der Waals surface area contributed by atoms with Crippen molar-refractivity contribution in [3.8, 4) is 0 Å². The first-order chi connectivity index (χ1) is 10.0. The Morgan fingerprint density at radius 1 is 1.38 bits per heavy atom. The van der Waals surface area contributed by atoms with Crippen LogP contribution in [0.3, 0.4) is 0 Å². The largest absolute Gasteiger partial charge is 0.450 e. The van der Waals surface area contributed by atoms with E-state index in [2.05, 4.69) is 37.5 Å². The SMILES string of the molecule is C=C1C(N)CC(C)N1[C@H](C)Cc1ccc([B]O)cc1.CC. The van der Waals surface area contributed by atoms with E-state index in [1.807, 2.05) is 26.0 Å². The highest BCUT2D eigenvalue weighted by Crippen LogP contribution is 2.28. The average Bonchev–Trinajstić information content (AvgIpc) is 2.75. The number of benzene rings is 1. The normalized spacial score (nSPS) is 22.6. The van der Waals surface area contributed by atoms with Gasteiger partial charge in [0.15, 0.2) is 0 Å². The van der Waals surface area contributed by atoms with Crippen molar-refractivity contribution in [2.75, 3.05) is 0 Å².